The van der Waals surface area contributed by atoms with E-state index in [1.54, 1.807) is 48.0 Å². The summed E-state index contributed by atoms with van der Waals surface area (Å²) in [6, 6.07) is 70.4. The van der Waals surface area contributed by atoms with Gasteiger partial charge in [-0.1, -0.05) is 84.9 Å². The molecular formula is C51H37N5OS. The van der Waals surface area contributed by atoms with Crippen LogP contribution in [0.4, 0.5) is 50.5 Å². The number of carbonyl (C=O) groups is 1. The van der Waals surface area contributed by atoms with Crippen molar-refractivity contribution in [3.05, 3.63) is 235 Å². The lowest BCUT2D eigenvalue weighted by Gasteiger charge is -2.28. The number of benzene rings is 6. The zero-order chi connectivity index (χ0) is 39.1. The lowest BCUT2D eigenvalue weighted by Crippen LogP contribution is -2.12. The Balaban J connectivity index is 1.09. The highest BCUT2D eigenvalue weighted by Gasteiger charge is 2.20. The molecule has 0 N–H and O–H groups in total. The standard InChI is InChI=1S/C51H37N5OS/c57-51(48-23-13-14-34-52-48)49-33-24-38(36-53-49)39-35-50(58-37-39)56(46-29-25-44(26-30-46)54(40-15-5-1-6-16-40)41-17-7-2-8-18-41)47-31-27-45(28-32-47)55(42-19-9-3-10-20-42)43-21-11-4-12-22-43/h1-37H. The minimum absolute atomic E-state index is 0.201. The van der Waals surface area contributed by atoms with Crippen LogP contribution < -0.4 is 14.7 Å². The second kappa shape index (κ2) is 16.6. The predicted molar refractivity (Wildman–Crippen MR) is 239 cm³/mol. The fourth-order valence-electron chi connectivity index (χ4n) is 7.03. The van der Waals surface area contributed by atoms with Crippen molar-refractivity contribution in [3.8, 4) is 11.1 Å². The highest BCUT2D eigenvalue weighted by atomic mass is 32.1. The number of carbonyl (C=O) groups excluding carboxylic acids is 1. The first-order chi connectivity index (χ1) is 28.7. The smallest absolute Gasteiger partial charge is 0.229 e. The summed E-state index contributed by atoms with van der Waals surface area (Å²) in [6.07, 6.45) is 3.38. The number of para-hydroxylation sites is 4. The maximum atomic E-state index is 13.0. The molecule has 58 heavy (non-hydrogen) atoms. The van der Waals surface area contributed by atoms with Gasteiger partial charge in [-0.3, -0.25) is 14.8 Å². The molecule has 3 heterocycles. The Morgan fingerprint density at radius 3 is 1.17 bits per heavy atom. The van der Waals surface area contributed by atoms with Crippen LogP contribution in [0.5, 0.6) is 0 Å². The van der Waals surface area contributed by atoms with Gasteiger partial charge in [0, 0.05) is 68.8 Å². The molecule has 0 radical (unpaired) electrons. The normalized spacial score (nSPS) is 10.8. The molecule has 6 aromatic carbocycles. The maximum absolute atomic E-state index is 13.0. The first-order valence-electron chi connectivity index (χ1n) is 19.0. The van der Waals surface area contributed by atoms with E-state index in [2.05, 4.69) is 182 Å². The molecule has 0 atom stereocenters. The van der Waals surface area contributed by atoms with E-state index in [1.165, 1.54) is 0 Å². The van der Waals surface area contributed by atoms with E-state index < -0.39 is 0 Å². The number of thiophene rings is 1. The molecule has 6 nitrogen and oxygen atoms in total. The molecule has 7 heteroatoms. The van der Waals surface area contributed by atoms with Crippen LogP contribution in [0.1, 0.15) is 16.2 Å². The number of aromatic nitrogens is 2. The van der Waals surface area contributed by atoms with E-state index in [4.69, 9.17) is 0 Å². The van der Waals surface area contributed by atoms with Gasteiger partial charge < -0.3 is 14.7 Å². The minimum atomic E-state index is -0.201. The van der Waals surface area contributed by atoms with Crippen LogP contribution in [0.25, 0.3) is 11.1 Å². The number of anilines is 9. The van der Waals surface area contributed by atoms with Crippen LogP contribution in [-0.4, -0.2) is 15.8 Å². The fraction of sp³-hybridized carbons (Fsp3) is 0. The first-order valence-corrected chi connectivity index (χ1v) is 19.9. The van der Waals surface area contributed by atoms with Crippen LogP contribution in [0, 0.1) is 0 Å². The number of nitrogens with zero attached hydrogens (tertiary/aromatic N) is 5. The molecule has 0 fully saturated rings. The van der Waals surface area contributed by atoms with Gasteiger partial charge in [-0.25, -0.2) is 0 Å². The van der Waals surface area contributed by atoms with E-state index in [9.17, 15) is 4.79 Å². The van der Waals surface area contributed by atoms with Gasteiger partial charge in [0.2, 0.25) is 5.78 Å². The predicted octanol–water partition coefficient (Wildman–Crippen LogP) is 13.8. The first kappa shape index (κ1) is 36.1. The van der Waals surface area contributed by atoms with Crippen molar-refractivity contribution in [2.75, 3.05) is 14.7 Å². The molecule has 0 amide bonds. The van der Waals surface area contributed by atoms with Gasteiger partial charge in [0.1, 0.15) is 16.4 Å². The third-order valence-electron chi connectivity index (χ3n) is 9.82. The van der Waals surface area contributed by atoms with Gasteiger partial charge in [-0.05, 0) is 127 Å². The second-order valence-corrected chi connectivity index (χ2v) is 14.4. The van der Waals surface area contributed by atoms with Crippen molar-refractivity contribution in [1.29, 1.82) is 0 Å². The quantitative estimate of drug-likeness (QED) is 0.115. The van der Waals surface area contributed by atoms with E-state index in [0.717, 1.165) is 61.6 Å². The Kier molecular flexibility index (Phi) is 10.3. The fourth-order valence-corrected chi connectivity index (χ4v) is 7.99. The molecule has 0 saturated heterocycles. The Morgan fingerprint density at radius 2 is 0.776 bits per heavy atom. The number of ketones is 1. The summed E-state index contributed by atoms with van der Waals surface area (Å²) < 4.78 is 0. The van der Waals surface area contributed by atoms with Gasteiger partial charge in [-0.2, -0.15) is 0 Å². The zero-order valence-corrected chi connectivity index (χ0v) is 32.2. The molecule has 0 bridgehead atoms. The van der Waals surface area contributed by atoms with Gasteiger partial charge in [-0.15, -0.1) is 11.3 Å². The Labute approximate surface area is 342 Å². The molecule has 0 aliphatic carbocycles. The van der Waals surface area contributed by atoms with Crippen molar-refractivity contribution >= 4 is 67.6 Å². The van der Waals surface area contributed by atoms with Crippen LogP contribution in [0.2, 0.25) is 0 Å². The van der Waals surface area contributed by atoms with Gasteiger partial charge in [0.25, 0.3) is 0 Å². The maximum Gasteiger partial charge on any atom is 0.229 e. The number of hydrogen-bond donors (Lipinski definition) is 0. The van der Waals surface area contributed by atoms with Crippen molar-refractivity contribution in [2.24, 2.45) is 0 Å². The molecule has 0 saturated carbocycles. The molecular weight excluding hydrogens is 731 g/mol. The van der Waals surface area contributed by atoms with Crippen LogP contribution >= 0.6 is 11.3 Å². The summed E-state index contributed by atoms with van der Waals surface area (Å²) in [5.41, 5.74) is 11.1. The molecule has 3 aromatic heterocycles. The molecule has 9 aromatic rings. The lowest BCUT2D eigenvalue weighted by atomic mass is 10.1. The second-order valence-electron chi connectivity index (χ2n) is 13.5. The highest BCUT2D eigenvalue weighted by Crippen LogP contribution is 2.44. The SMILES string of the molecule is O=C(c1ccccn1)c1ccc(-c2csc(N(c3ccc(N(c4ccccc4)c4ccccc4)cc3)c3ccc(N(c4ccccc4)c4ccccc4)cc3)c2)cn1. The molecule has 0 unspecified atom stereocenters. The summed E-state index contributed by atoms with van der Waals surface area (Å²) in [5.74, 6) is -0.201. The molecule has 0 aliphatic heterocycles. The van der Waals surface area contributed by atoms with Gasteiger partial charge >= 0.3 is 0 Å². The molecule has 0 spiro atoms. The third kappa shape index (κ3) is 7.62. The third-order valence-corrected chi connectivity index (χ3v) is 10.7. The Bertz CT molecular complexity index is 2510. The van der Waals surface area contributed by atoms with Crippen molar-refractivity contribution in [2.45, 2.75) is 0 Å². The summed E-state index contributed by atoms with van der Waals surface area (Å²) >= 11 is 1.66. The average molecular weight is 768 g/mol. The van der Waals surface area contributed by atoms with E-state index in [0.29, 0.717) is 11.4 Å². The van der Waals surface area contributed by atoms with E-state index >= 15 is 0 Å². The number of rotatable bonds is 12. The van der Waals surface area contributed by atoms with Crippen LogP contribution in [0.3, 0.4) is 0 Å². The van der Waals surface area contributed by atoms with E-state index in [1.807, 2.05) is 30.3 Å². The van der Waals surface area contributed by atoms with Crippen LogP contribution in [0.15, 0.2) is 224 Å². The summed E-state index contributed by atoms with van der Waals surface area (Å²) in [4.78, 5) is 28.6. The molecule has 278 valence electrons. The Hall–Kier alpha value is -7.61. The largest absolute Gasteiger partial charge is 0.311 e. The highest BCUT2D eigenvalue weighted by molar-refractivity contribution is 7.14. The van der Waals surface area contributed by atoms with Crippen molar-refractivity contribution < 1.29 is 4.79 Å². The topological polar surface area (TPSA) is 52.6 Å². The number of pyridine rings is 2. The summed E-state index contributed by atoms with van der Waals surface area (Å²) in [5, 5.41) is 3.18. The zero-order valence-electron chi connectivity index (χ0n) is 31.4. The van der Waals surface area contributed by atoms with Crippen molar-refractivity contribution in [3.63, 3.8) is 0 Å². The van der Waals surface area contributed by atoms with Gasteiger partial charge in [0.15, 0.2) is 0 Å². The summed E-state index contributed by atoms with van der Waals surface area (Å²) in [6.45, 7) is 0. The number of hydrogen-bond acceptors (Lipinski definition) is 7. The monoisotopic (exact) mass is 767 g/mol. The van der Waals surface area contributed by atoms with E-state index in [-0.39, 0.29) is 5.78 Å². The lowest BCUT2D eigenvalue weighted by molar-refractivity contribution is 0.103. The molecule has 0 aliphatic rings. The van der Waals surface area contributed by atoms with Crippen molar-refractivity contribution in [1.82, 2.24) is 9.97 Å². The van der Waals surface area contributed by atoms with Gasteiger partial charge in [0.05, 0.1) is 0 Å². The average Bonchev–Trinajstić information content (AvgIpc) is 3.79. The minimum Gasteiger partial charge on any atom is -0.311 e. The summed E-state index contributed by atoms with van der Waals surface area (Å²) in [7, 11) is 0. The molecule has 9 rings (SSSR count). The Morgan fingerprint density at radius 1 is 0.379 bits per heavy atom. The van der Waals surface area contributed by atoms with Crippen LogP contribution in [-0.2, 0) is 0 Å².